The van der Waals surface area contributed by atoms with E-state index in [0.29, 0.717) is 17.8 Å². The minimum Gasteiger partial charge on any atom is -0.452 e. The normalized spacial score (nSPS) is 21.2. The van der Waals surface area contributed by atoms with Crippen LogP contribution >= 0.6 is 0 Å². The predicted octanol–water partition coefficient (Wildman–Crippen LogP) is 0.911. The van der Waals surface area contributed by atoms with Gasteiger partial charge in [0.15, 0.2) is 6.61 Å². The highest BCUT2D eigenvalue weighted by molar-refractivity contribution is 6.15. The third-order valence-corrected chi connectivity index (χ3v) is 4.91. The summed E-state index contributed by atoms with van der Waals surface area (Å²) in [4.78, 5) is 52.8. The first kappa shape index (κ1) is 18.9. The first-order valence-electron chi connectivity index (χ1n) is 8.93. The van der Waals surface area contributed by atoms with Gasteiger partial charge in [0.1, 0.15) is 0 Å². The van der Waals surface area contributed by atoms with Crippen molar-refractivity contribution in [2.24, 2.45) is 5.92 Å². The van der Waals surface area contributed by atoms with Gasteiger partial charge in [0.05, 0.1) is 11.3 Å². The van der Waals surface area contributed by atoms with Gasteiger partial charge < -0.3 is 15.0 Å². The fourth-order valence-corrected chi connectivity index (χ4v) is 3.51. The number of para-hydroxylation sites is 1. The van der Waals surface area contributed by atoms with Gasteiger partial charge in [-0.2, -0.15) is 0 Å². The Kier molecular flexibility index (Phi) is 4.91. The number of nitrogens with one attached hydrogen (secondary N) is 1. The summed E-state index contributed by atoms with van der Waals surface area (Å²) < 4.78 is 5.22. The number of rotatable bonds is 5. The van der Waals surface area contributed by atoms with E-state index in [9.17, 15) is 19.2 Å². The zero-order valence-corrected chi connectivity index (χ0v) is 15.7. The molecule has 3 amide bonds. The summed E-state index contributed by atoms with van der Waals surface area (Å²) in [6, 6.07) is 6.67. The minimum absolute atomic E-state index is 0.112. The van der Waals surface area contributed by atoms with E-state index >= 15 is 0 Å². The summed E-state index contributed by atoms with van der Waals surface area (Å²) in [5, 5.41) is 2.66. The van der Waals surface area contributed by atoms with E-state index in [4.69, 9.17) is 4.74 Å². The summed E-state index contributed by atoms with van der Waals surface area (Å²) in [6.45, 7) is 3.91. The van der Waals surface area contributed by atoms with Crippen LogP contribution in [0.15, 0.2) is 24.3 Å². The van der Waals surface area contributed by atoms with E-state index < -0.39 is 24.1 Å². The standard InChI is InChI=1S/C19H23N3O5/c1-12(2)10-20-15(23)11-27-18(26)19-9-8-16(24)22(19)14-7-5-4-6-13(14)17(25)21(19)3/h4-7,12H,8-11H2,1-3H3,(H,20,23)/t19-/m1/s1. The molecule has 0 bridgehead atoms. The maximum atomic E-state index is 13.0. The van der Waals surface area contributed by atoms with Gasteiger partial charge in [-0.25, -0.2) is 4.79 Å². The molecule has 1 fully saturated rings. The molecular weight excluding hydrogens is 350 g/mol. The number of carbonyl (C=O) groups excluding carboxylic acids is 4. The van der Waals surface area contributed by atoms with E-state index in [-0.39, 0.29) is 30.6 Å². The molecule has 27 heavy (non-hydrogen) atoms. The molecule has 0 spiro atoms. The lowest BCUT2D eigenvalue weighted by Crippen LogP contribution is -2.67. The van der Waals surface area contributed by atoms with Crippen LogP contribution in [0.3, 0.4) is 0 Å². The third-order valence-electron chi connectivity index (χ3n) is 4.91. The van der Waals surface area contributed by atoms with Gasteiger partial charge in [-0.1, -0.05) is 26.0 Å². The highest BCUT2D eigenvalue weighted by Crippen LogP contribution is 2.44. The molecule has 0 unspecified atom stereocenters. The topological polar surface area (TPSA) is 96.0 Å². The maximum Gasteiger partial charge on any atom is 0.354 e. The number of ether oxygens (including phenoxy) is 1. The Bertz CT molecular complexity index is 806. The Balaban J connectivity index is 1.86. The van der Waals surface area contributed by atoms with Crippen molar-refractivity contribution >= 4 is 29.4 Å². The fourth-order valence-electron chi connectivity index (χ4n) is 3.51. The summed E-state index contributed by atoms with van der Waals surface area (Å²) >= 11 is 0. The Hall–Kier alpha value is -2.90. The molecule has 2 heterocycles. The SMILES string of the molecule is CC(C)CNC(=O)COC(=O)[C@@]12CCC(=O)N1c1ccccc1C(=O)N2C. The van der Waals surface area contributed by atoms with Crippen LogP contribution in [0, 0.1) is 5.92 Å². The summed E-state index contributed by atoms with van der Waals surface area (Å²) in [5.74, 6) is -1.56. The van der Waals surface area contributed by atoms with E-state index in [1.54, 1.807) is 24.3 Å². The number of nitrogens with zero attached hydrogens (tertiary/aromatic N) is 2. The number of amides is 3. The highest BCUT2D eigenvalue weighted by atomic mass is 16.5. The summed E-state index contributed by atoms with van der Waals surface area (Å²) in [6.07, 6.45) is 0.232. The van der Waals surface area contributed by atoms with Crippen LogP contribution in [0.25, 0.3) is 0 Å². The second-order valence-electron chi connectivity index (χ2n) is 7.20. The van der Waals surface area contributed by atoms with E-state index in [1.807, 2.05) is 13.8 Å². The number of carbonyl (C=O) groups is 4. The summed E-state index contributed by atoms with van der Waals surface area (Å²) in [7, 11) is 1.48. The first-order chi connectivity index (χ1) is 12.8. The van der Waals surface area contributed by atoms with E-state index in [0.717, 1.165) is 0 Å². The van der Waals surface area contributed by atoms with Crippen LogP contribution in [-0.4, -0.2) is 54.5 Å². The number of hydrogen-bond donors (Lipinski definition) is 1. The number of esters is 1. The van der Waals surface area contributed by atoms with Crippen molar-refractivity contribution < 1.29 is 23.9 Å². The lowest BCUT2D eigenvalue weighted by atomic mass is 9.97. The second-order valence-corrected chi connectivity index (χ2v) is 7.20. The Labute approximate surface area is 157 Å². The second kappa shape index (κ2) is 7.02. The lowest BCUT2D eigenvalue weighted by Gasteiger charge is -2.46. The van der Waals surface area contributed by atoms with Crippen LogP contribution in [0.5, 0.6) is 0 Å². The molecular formula is C19H23N3O5. The molecule has 2 aliphatic heterocycles. The number of benzene rings is 1. The van der Waals surface area contributed by atoms with Crippen LogP contribution in [-0.2, 0) is 19.1 Å². The quantitative estimate of drug-likeness (QED) is 0.774. The van der Waals surface area contributed by atoms with Crippen LogP contribution in [0.4, 0.5) is 5.69 Å². The molecule has 8 heteroatoms. The molecule has 1 aromatic carbocycles. The van der Waals surface area contributed by atoms with E-state index in [2.05, 4.69) is 5.32 Å². The van der Waals surface area contributed by atoms with Crippen molar-refractivity contribution in [3.63, 3.8) is 0 Å². The smallest absolute Gasteiger partial charge is 0.354 e. The van der Waals surface area contributed by atoms with Gasteiger partial charge in [0.25, 0.3) is 11.8 Å². The molecule has 3 rings (SSSR count). The molecule has 1 aromatic rings. The highest BCUT2D eigenvalue weighted by Gasteiger charge is 2.60. The Morgan fingerprint density at radius 2 is 1.96 bits per heavy atom. The molecule has 8 nitrogen and oxygen atoms in total. The van der Waals surface area contributed by atoms with Gasteiger partial charge >= 0.3 is 5.97 Å². The van der Waals surface area contributed by atoms with Gasteiger partial charge in [-0.15, -0.1) is 0 Å². The third kappa shape index (κ3) is 3.05. The molecule has 1 N–H and O–H groups in total. The minimum atomic E-state index is -1.55. The average Bonchev–Trinajstić information content (AvgIpc) is 3.01. The molecule has 2 aliphatic rings. The largest absolute Gasteiger partial charge is 0.452 e. The van der Waals surface area contributed by atoms with Crippen molar-refractivity contribution in [1.82, 2.24) is 10.2 Å². The van der Waals surface area contributed by atoms with Gasteiger partial charge in [-0.3, -0.25) is 19.3 Å². The van der Waals surface area contributed by atoms with Crippen LogP contribution < -0.4 is 10.2 Å². The summed E-state index contributed by atoms with van der Waals surface area (Å²) in [5.41, 5.74) is -0.807. The molecule has 0 saturated carbocycles. The first-order valence-corrected chi connectivity index (χ1v) is 8.93. The Morgan fingerprint density at radius 1 is 1.26 bits per heavy atom. The van der Waals surface area contributed by atoms with Crippen LogP contribution in [0.2, 0.25) is 0 Å². The number of hydrogen-bond acceptors (Lipinski definition) is 5. The molecule has 0 aromatic heterocycles. The molecule has 1 atom stereocenters. The van der Waals surface area contributed by atoms with Crippen molar-refractivity contribution in [3.8, 4) is 0 Å². The van der Waals surface area contributed by atoms with Crippen molar-refractivity contribution in [1.29, 1.82) is 0 Å². The van der Waals surface area contributed by atoms with Crippen molar-refractivity contribution in [2.45, 2.75) is 32.4 Å². The van der Waals surface area contributed by atoms with Crippen molar-refractivity contribution in [2.75, 3.05) is 25.1 Å². The number of anilines is 1. The Morgan fingerprint density at radius 3 is 2.67 bits per heavy atom. The number of fused-ring (bicyclic) bond motifs is 3. The molecule has 1 saturated heterocycles. The average molecular weight is 373 g/mol. The van der Waals surface area contributed by atoms with Crippen molar-refractivity contribution in [3.05, 3.63) is 29.8 Å². The molecule has 0 aliphatic carbocycles. The maximum absolute atomic E-state index is 13.0. The molecule has 144 valence electrons. The van der Waals surface area contributed by atoms with Crippen LogP contribution in [0.1, 0.15) is 37.0 Å². The predicted molar refractivity (Wildman–Crippen MR) is 96.8 cm³/mol. The zero-order valence-electron chi connectivity index (χ0n) is 15.7. The molecule has 0 radical (unpaired) electrons. The monoisotopic (exact) mass is 373 g/mol. The van der Waals surface area contributed by atoms with E-state index in [1.165, 1.54) is 16.8 Å². The number of likely N-dealkylation sites (N-methyl/N-ethyl adjacent to an activating group) is 1. The zero-order chi connectivity index (χ0) is 19.8. The lowest BCUT2D eigenvalue weighted by molar-refractivity contribution is -0.159. The van der Waals surface area contributed by atoms with Gasteiger partial charge in [0, 0.05) is 26.4 Å². The fraction of sp³-hybridized carbons (Fsp3) is 0.474. The van der Waals surface area contributed by atoms with Gasteiger partial charge in [-0.05, 0) is 18.1 Å². The van der Waals surface area contributed by atoms with Gasteiger partial charge in [0.2, 0.25) is 11.6 Å².